The fourth-order valence-corrected chi connectivity index (χ4v) is 2.29. The number of morpholine rings is 1. The number of benzene rings is 1. The topological polar surface area (TPSA) is 106 Å². The van der Waals surface area contributed by atoms with Crippen molar-refractivity contribution in [3.05, 3.63) is 35.4 Å². The molecule has 7 heteroatoms. The van der Waals surface area contributed by atoms with Crippen LogP contribution in [0.15, 0.2) is 29.8 Å². The minimum Gasteiger partial charge on any atom is -0.394 e. The van der Waals surface area contributed by atoms with Gasteiger partial charge in [-0.25, -0.2) is 0 Å². The van der Waals surface area contributed by atoms with Gasteiger partial charge < -0.3 is 25.2 Å². The number of hydrogen-bond donors (Lipinski definition) is 3. The number of carbonyl (C=O) groups is 1. The molecule has 0 saturated carbocycles. The van der Waals surface area contributed by atoms with E-state index in [4.69, 9.17) is 15.1 Å². The summed E-state index contributed by atoms with van der Waals surface area (Å²) < 4.78 is 5.32. The van der Waals surface area contributed by atoms with Gasteiger partial charge in [-0.05, 0) is 23.8 Å². The quantitative estimate of drug-likeness (QED) is 0.496. The van der Waals surface area contributed by atoms with Crippen LogP contribution in [0.25, 0.3) is 6.08 Å². The Labute approximate surface area is 140 Å². The molecule has 7 nitrogen and oxygen atoms in total. The van der Waals surface area contributed by atoms with Crippen LogP contribution in [0.1, 0.15) is 5.56 Å². The van der Waals surface area contributed by atoms with Crippen LogP contribution in [0.5, 0.6) is 0 Å². The van der Waals surface area contributed by atoms with Gasteiger partial charge in [0.05, 0.1) is 25.9 Å². The molecule has 0 aromatic heterocycles. The van der Waals surface area contributed by atoms with Crippen molar-refractivity contribution in [2.45, 2.75) is 6.10 Å². The molecule has 128 valence electrons. The Balaban J connectivity index is 2.02. The van der Waals surface area contributed by atoms with Crippen molar-refractivity contribution in [3.8, 4) is 6.07 Å². The third-order valence-electron chi connectivity index (χ3n) is 3.65. The zero-order valence-electron chi connectivity index (χ0n) is 13.3. The average Bonchev–Trinajstić information content (AvgIpc) is 2.65. The van der Waals surface area contributed by atoms with Crippen LogP contribution in [0.2, 0.25) is 0 Å². The summed E-state index contributed by atoms with van der Waals surface area (Å²) in [4.78, 5) is 14.1. The highest BCUT2D eigenvalue weighted by molar-refractivity contribution is 6.01. The van der Waals surface area contributed by atoms with Crippen molar-refractivity contribution >= 4 is 17.7 Å². The Bertz CT molecular complexity index is 616. The smallest absolute Gasteiger partial charge is 0.262 e. The van der Waals surface area contributed by atoms with Crippen LogP contribution in [0, 0.1) is 11.3 Å². The van der Waals surface area contributed by atoms with Crippen LogP contribution in [-0.2, 0) is 9.53 Å². The molecular weight excluding hydrogens is 310 g/mol. The van der Waals surface area contributed by atoms with E-state index in [1.807, 2.05) is 30.3 Å². The second kappa shape index (κ2) is 9.03. The van der Waals surface area contributed by atoms with E-state index in [1.54, 1.807) is 0 Å². The molecule has 1 saturated heterocycles. The van der Waals surface area contributed by atoms with Gasteiger partial charge in [-0.1, -0.05) is 12.1 Å². The fraction of sp³-hybridized carbons (Fsp3) is 0.412. The number of carbonyl (C=O) groups excluding carboxylic acids is 1. The van der Waals surface area contributed by atoms with E-state index in [9.17, 15) is 9.90 Å². The molecule has 1 heterocycles. The highest BCUT2D eigenvalue weighted by Gasteiger charge is 2.12. The lowest BCUT2D eigenvalue weighted by Crippen LogP contribution is -2.36. The van der Waals surface area contributed by atoms with Crippen LogP contribution in [-0.4, -0.2) is 61.7 Å². The lowest BCUT2D eigenvalue weighted by Gasteiger charge is -2.28. The number of nitrogens with one attached hydrogen (secondary N) is 1. The number of ether oxygens (including phenoxy) is 1. The normalized spacial score (nSPS) is 16.4. The molecule has 1 amide bonds. The first-order valence-electron chi connectivity index (χ1n) is 7.75. The molecule has 1 unspecified atom stereocenters. The summed E-state index contributed by atoms with van der Waals surface area (Å²) in [6.07, 6.45) is 0.450. The monoisotopic (exact) mass is 331 g/mol. The molecule has 1 atom stereocenters. The summed E-state index contributed by atoms with van der Waals surface area (Å²) in [5, 5.41) is 29.5. The standard InChI is InChI=1S/C17H21N3O4/c18-10-14(17(23)19-11-16(22)12-21)9-13-1-3-15(4-2-13)20-5-7-24-8-6-20/h1-4,9,16,21-22H,5-8,11-12H2,(H,19,23). The number of rotatable bonds is 6. The summed E-state index contributed by atoms with van der Waals surface area (Å²) in [6, 6.07) is 9.43. The molecule has 1 aromatic rings. The molecular formula is C17H21N3O4. The number of hydrogen-bond acceptors (Lipinski definition) is 6. The van der Waals surface area contributed by atoms with E-state index >= 15 is 0 Å². The van der Waals surface area contributed by atoms with Crippen LogP contribution in [0.4, 0.5) is 5.69 Å². The van der Waals surface area contributed by atoms with E-state index in [0.29, 0.717) is 13.2 Å². The molecule has 0 bridgehead atoms. The van der Waals surface area contributed by atoms with Gasteiger partial charge in [0.1, 0.15) is 11.6 Å². The van der Waals surface area contributed by atoms with Gasteiger partial charge in [-0.15, -0.1) is 0 Å². The van der Waals surface area contributed by atoms with Crippen LogP contribution < -0.4 is 10.2 Å². The highest BCUT2D eigenvalue weighted by Crippen LogP contribution is 2.18. The number of nitriles is 1. The lowest BCUT2D eigenvalue weighted by molar-refractivity contribution is -0.117. The molecule has 3 N–H and O–H groups in total. The fourth-order valence-electron chi connectivity index (χ4n) is 2.29. The summed E-state index contributed by atoms with van der Waals surface area (Å²) >= 11 is 0. The number of nitrogens with zero attached hydrogens (tertiary/aromatic N) is 2. The molecule has 1 fully saturated rings. The molecule has 24 heavy (non-hydrogen) atoms. The van der Waals surface area contributed by atoms with Crippen molar-refractivity contribution in [1.82, 2.24) is 5.32 Å². The largest absolute Gasteiger partial charge is 0.394 e. The van der Waals surface area contributed by atoms with Gasteiger partial charge in [-0.2, -0.15) is 5.26 Å². The Morgan fingerprint density at radius 1 is 1.38 bits per heavy atom. The van der Waals surface area contributed by atoms with E-state index < -0.39 is 18.6 Å². The van der Waals surface area contributed by atoms with Crippen molar-refractivity contribution in [1.29, 1.82) is 5.26 Å². The van der Waals surface area contributed by atoms with Crippen LogP contribution in [0.3, 0.4) is 0 Å². The second-order valence-electron chi connectivity index (χ2n) is 5.41. The molecule has 1 aliphatic rings. The molecule has 2 rings (SSSR count). The highest BCUT2D eigenvalue weighted by atomic mass is 16.5. The zero-order chi connectivity index (χ0) is 17.4. The first-order valence-corrected chi connectivity index (χ1v) is 7.75. The molecule has 0 aliphatic carbocycles. The van der Waals surface area contributed by atoms with Crippen molar-refractivity contribution < 1.29 is 19.7 Å². The minimum absolute atomic E-state index is 0.0562. The number of amides is 1. The maximum Gasteiger partial charge on any atom is 0.262 e. The summed E-state index contributed by atoms with van der Waals surface area (Å²) in [5.74, 6) is -0.581. The predicted molar refractivity (Wildman–Crippen MR) is 89.2 cm³/mol. The second-order valence-corrected chi connectivity index (χ2v) is 5.41. The predicted octanol–water partition coefficient (Wildman–Crippen LogP) is -0.100. The molecule has 0 radical (unpaired) electrons. The Hall–Kier alpha value is -2.40. The van der Waals surface area contributed by atoms with Gasteiger partial charge in [0.2, 0.25) is 0 Å². The number of anilines is 1. The number of aliphatic hydroxyl groups excluding tert-OH is 2. The average molecular weight is 331 g/mol. The van der Waals surface area contributed by atoms with Crippen molar-refractivity contribution in [2.75, 3.05) is 44.4 Å². The third-order valence-corrected chi connectivity index (χ3v) is 3.65. The first-order chi connectivity index (χ1) is 11.6. The number of aliphatic hydroxyl groups is 2. The minimum atomic E-state index is -1.04. The summed E-state index contributed by atoms with van der Waals surface area (Å²) in [5.41, 5.74) is 1.75. The van der Waals surface area contributed by atoms with Gasteiger partial charge in [0.15, 0.2) is 0 Å². The molecule has 1 aliphatic heterocycles. The third kappa shape index (κ3) is 5.06. The SMILES string of the molecule is N#CC(=Cc1ccc(N2CCOCC2)cc1)C(=O)NCC(O)CO. The van der Waals surface area contributed by atoms with Gasteiger partial charge in [0.25, 0.3) is 5.91 Å². The lowest BCUT2D eigenvalue weighted by atomic mass is 10.1. The van der Waals surface area contributed by atoms with Gasteiger partial charge in [-0.3, -0.25) is 4.79 Å². The van der Waals surface area contributed by atoms with E-state index in [1.165, 1.54) is 6.08 Å². The first kappa shape index (κ1) is 17.9. The van der Waals surface area contributed by atoms with E-state index in [2.05, 4.69) is 10.2 Å². The molecule has 0 spiro atoms. The van der Waals surface area contributed by atoms with Crippen LogP contribution >= 0.6 is 0 Å². The Kier molecular flexibility index (Phi) is 6.75. The maximum absolute atomic E-state index is 11.9. The van der Waals surface area contributed by atoms with Crippen molar-refractivity contribution in [3.63, 3.8) is 0 Å². The summed E-state index contributed by atoms with van der Waals surface area (Å²) in [7, 11) is 0. The van der Waals surface area contributed by atoms with Gasteiger partial charge >= 0.3 is 0 Å². The Morgan fingerprint density at radius 2 is 2.04 bits per heavy atom. The Morgan fingerprint density at radius 3 is 2.62 bits per heavy atom. The summed E-state index contributed by atoms with van der Waals surface area (Å²) in [6.45, 7) is 2.54. The van der Waals surface area contributed by atoms with Crippen molar-refractivity contribution in [2.24, 2.45) is 0 Å². The zero-order valence-corrected chi connectivity index (χ0v) is 13.3. The maximum atomic E-state index is 11.9. The van der Waals surface area contributed by atoms with E-state index in [-0.39, 0.29) is 12.1 Å². The van der Waals surface area contributed by atoms with Gasteiger partial charge in [0, 0.05) is 25.3 Å². The van der Waals surface area contributed by atoms with E-state index in [0.717, 1.165) is 24.3 Å². The molecule has 1 aromatic carbocycles.